The highest BCUT2D eigenvalue weighted by Crippen LogP contribution is 2.67. The normalized spacial score (nSPS) is 22.6. The quantitative estimate of drug-likeness (QED) is 0.0607. The molecular formula is C54H47N3O8. The number of nitrogens with zero attached hydrogens (tertiary/aromatic N) is 1. The number of methoxy groups -OCH3 is 1. The van der Waals surface area contributed by atoms with Gasteiger partial charge in [-0.1, -0.05) is 128 Å². The van der Waals surface area contributed by atoms with Crippen molar-refractivity contribution < 1.29 is 38.8 Å². The number of carbonyl (C=O) groups is 3. The monoisotopic (exact) mass is 865 g/mol. The molecule has 4 N–H and O–H groups in total. The van der Waals surface area contributed by atoms with Crippen LogP contribution in [-0.4, -0.2) is 65.8 Å². The number of para-hydroxylation sites is 1. The Morgan fingerprint density at radius 3 is 2.15 bits per heavy atom. The molecule has 0 saturated carbocycles. The van der Waals surface area contributed by atoms with Crippen molar-refractivity contribution in [2.45, 2.75) is 35.7 Å². The van der Waals surface area contributed by atoms with E-state index in [1.165, 1.54) is 0 Å². The van der Waals surface area contributed by atoms with Gasteiger partial charge in [-0.15, -0.1) is 0 Å². The van der Waals surface area contributed by atoms with Crippen LogP contribution in [0.1, 0.15) is 63.2 Å². The number of ether oxygens (including phenoxy) is 3. The summed E-state index contributed by atoms with van der Waals surface area (Å²) in [5.41, 5.74) is 3.16. The van der Waals surface area contributed by atoms with Crippen LogP contribution in [0.5, 0.6) is 11.5 Å². The van der Waals surface area contributed by atoms with Gasteiger partial charge in [-0.3, -0.25) is 19.3 Å². The largest absolute Gasteiger partial charge is 0.497 e. The summed E-state index contributed by atoms with van der Waals surface area (Å²) < 4.78 is 18.2. The molecule has 11 nitrogen and oxygen atoms in total. The highest BCUT2D eigenvalue weighted by atomic mass is 16.6. The highest BCUT2D eigenvalue weighted by molar-refractivity contribution is 6.11. The van der Waals surface area contributed by atoms with Crippen LogP contribution in [0.25, 0.3) is 0 Å². The molecule has 2 amide bonds. The molecule has 0 radical (unpaired) electrons. The van der Waals surface area contributed by atoms with Gasteiger partial charge in [0.25, 0.3) is 5.91 Å². The van der Waals surface area contributed by atoms with Crippen molar-refractivity contribution in [2.24, 2.45) is 5.92 Å². The Morgan fingerprint density at radius 2 is 1.46 bits per heavy atom. The van der Waals surface area contributed by atoms with E-state index in [0.29, 0.717) is 39.4 Å². The molecule has 7 unspecified atom stereocenters. The second kappa shape index (κ2) is 18.3. The molecule has 6 aromatic rings. The molecule has 7 atom stereocenters. The minimum Gasteiger partial charge on any atom is -0.497 e. The number of carbonyl (C=O) groups excluding carboxylic acids is 3. The zero-order valence-corrected chi connectivity index (χ0v) is 35.6. The molecule has 1 spiro atoms. The van der Waals surface area contributed by atoms with Gasteiger partial charge in [0.15, 0.2) is 0 Å². The first-order valence-electron chi connectivity index (χ1n) is 21.5. The summed E-state index contributed by atoms with van der Waals surface area (Å²) in [6.45, 7) is 3.98. The van der Waals surface area contributed by atoms with Gasteiger partial charge in [-0.2, -0.15) is 0 Å². The average Bonchev–Trinajstić information content (AvgIpc) is 3.67. The molecule has 3 aliphatic heterocycles. The Labute approximate surface area is 377 Å². The first-order chi connectivity index (χ1) is 31.7. The first-order valence-corrected chi connectivity index (χ1v) is 21.5. The summed E-state index contributed by atoms with van der Waals surface area (Å²) in [6.07, 6.45) is -1.97. The summed E-state index contributed by atoms with van der Waals surface area (Å²) in [4.78, 5) is 47.7. The van der Waals surface area contributed by atoms with E-state index < -0.39 is 59.5 Å². The number of hydrogen-bond acceptors (Lipinski definition) is 9. The highest BCUT2D eigenvalue weighted by Gasteiger charge is 2.72. The number of aliphatic hydroxyl groups excluding tert-OH is 2. The maximum atomic E-state index is 15.7. The van der Waals surface area contributed by atoms with Gasteiger partial charge in [-0.05, 0) is 70.8 Å². The number of morpholine rings is 1. The lowest BCUT2D eigenvalue weighted by atomic mass is 9.58. The maximum absolute atomic E-state index is 15.7. The van der Waals surface area contributed by atoms with E-state index in [-0.39, 0.29) is 25.3 Å². The van der Waals surface area contributed by atoms with Crippen LogP contribution >= 0.6 is 0 Å². The lowest BCUT2D eigenvalue weighted by molar-refractivity contribution is -0.178. The first kappa shape index (κ1) is 42.8. The van der Waals surface area contributed by atoms with Crippen LogP contribution < -0.4 is 20.1 Å². The number of esters is 1. The Kier molecular flexibility index (Phi) is 12.1. The van der Waals surface area contributed by atoms with Crippen molar-refractivity contribution >= 4 is 23.5 Å². The van der Waals surface area contributed by atoms with Gasteiger partial charge in [0, 0.05) is 34.5 Å². The lowest BCUT2D eigenvalue weighted by Gasteiger charge is -2.48. The summed E-state index contributed by atoms with van der Waals surface area (Å²) in [6, 6.07) is 45.0. The number of fused-ring (bicyclic) bond motifs is 3. The fourth-order valence-electron chi connectivity index (χ4n) is 9.84. The smallest absolute Gasteiger partial charge is 0.324 e. The topological polar surface area (TPSA) is 147 Å². The Bertz CT molecular complexity index is 2790. The number of nitrogens with one attached hydrogen (secondary N) is 2. The third-order valence-corrected chi connectivity index (χ3v) is 12.6. The molecule has 9 rings (SSSR count). The molecule has 326 valence electrons. The molecule has 2 fully saturated rings. The third kappa shape index (κ3) is 7.82. The molecule has 0 bridgehead atoms. The number of hydrogen-bond donors (Lipinski definition) is 4. The van der Waals surface area contributed by atoms with E-state index in [9.17, 15) is 15.0 Å². The van der Waals surface area contributed by atoms with Crippen LogP contribution in [0, 0.1) is 17.8 Å². The number of aliphatic hydroxyl groups is 2. The maximum Gasteiger partial charge on any atom is 0.324 e. The third-order valence-electron chi connectivity index (χ3n) is 12.6. The van der Waals surface area contributed by atoms with Gasteiger partial charge in [0.1, 0.15) is 30.3 Å². The second-order valence-electron chi connectivity index (χ2n) is 16.2. The molecular weight excluding hydrogens is 819 g/mol. The molecule has 65 heavy (non-hydrogen) atoms. The molecule has 11 heteroatoms. The summed E-state index contributed by atoms with van der Waals surface area (Å²) in [5.74, 6) is 4.37. The van der Waals surface area contributed by atoms with E-state index in [4.69, 9.17) is 14.2 Å². The average molecular weight is 866 g/mol. The minimum atomic E-state index is -1.72. The van der Waals surface area contributed by atoms with Crippen LogP contribution in [-0.2, 0) is 24.5 Å². The van der Waals surface area contributed by atoms with E-state index in [1.54, 1.807) is 55.6 Å². The lowest BCUT2D eigenvalue weighted by Crippen LogP contribution is -2.55. The van der Waals surface area contributed by atoms with Crippen LogP contribution in [0.15, 0.2) is 170 Å². The van der Waals surface area contributed by atoms with Crippen LogP contribution in [0.2, 0.25) is 0 Å². The van der Waals surface area contributed by atoms with Crippen LogP contribution in [0.4, 0.5) is 5.69 Å². The van der Waals surface area contributed by atoms with E-state index in [2.05, 4.69) is 29.1 Å². The van der Waals surface area contributed by atoms with Gasteiger partial charge < -0.3 is 35.1 Å². The fourth-order valence-corrected chi connectivity index (χ4v) is 9.84. The molecule has 0 aromatic heterocycles. The van der Waals surface area contributed by atoms with E-state index in [1.807, 2.05) is 114 Å². The molecule has 3 aliphatic rings. The number of amides is 2. The number of benzene rings is 6. The van der Waals surface area contributed by atoms with Gasteiger partial charge in [0.05, 0.1) is 43.2 Å². The van der Waals surface area contributed by atoms with Crippen molar-refractivity contribution in [3.63, 3.8) is 0 Å². The molecule has 6 aromatic carbocycles. The SMILES string of the molecule is C=C1C(=O)Nc2ccc(C#Cc3ccc(OC)cc3)cc2C12C(C(=O)NCC(O)c1ccccc1)C1C(=O)OC(c3ccccc3)C(c3ccccc3)N1C2c1ccccc1OCCO. The predicted octanol–water partition coefficient (Wildman–Crippen LogP) is 7.14. The van der Waals surface area contributed by atoms with Crippen molar-refractivity contribution in [2.75, 3.05) is 32.2 Å². The zero-order chi connectivity index (χ0) is 45.1. The molecule has 0 aliphatic carbocycles. The van der Waals surface area contributed by atoms with Crippen molar-refractivity contribution in [1.82, 2.24) is 10.2 Å². The number of rotatable bonds is 11. The van der Waals surface area contributed by atoms with Crippen molar-refractivity contribution in [3.8, 4) is 23.3 Å². The molecule has 2 saturated heterocycles. The van der Waals surface area contributed by atoms with E-state index >= 15 is 9.59 Å². The Morgan fingerprint density at radius 1 is 0.831 bits per heavy atom. The number of cyclic esters (lactones) is 1. The van der Waals surface area contributed by atoms with Crippen LogP contribution in [0.3, 0.4) is 0 Å². The fraction of sp³-hybridized carbons (Fsp3) is 0.204. The Hall–Kier alpha value is -7.49. The molecule has 3 heterocycles. The standard InChI is InChI=1S/C54H47N3O8/c1-34-51(60)56-43-29-26-36(23-22-35-24-27-40(63-2)28-25-35)32-42(43)54(34)46(52(61)55-33-44(59)37-14-6-3-7-15-37)48-53(62)65-49(39-18-10-5-11-19-39)47(38-16-8-4-9-17-38)57(48)50(54)41-20-12-13-21-45(41)64-31-30-58/h3-21,24-29,32,44,46-50,58-59H,1,30-31,33H2,2H3,(H,55,61)(H,56,60). The zero-order valence-electron chi connectivity index (χ0n) is 35.6. The van der Waals surface area contributed by atoms with E-state index in [0.717, 1.165) is 16.7 Å². The van der Waals surface area contributed by atoms with Crippen molar-refractivity contribution in [3.05, 3.63) is 209 Å². The minimum absolute atomic E-state index is 0.0289. The second-order valence-corrected chi connectivity index (χ2v) is 16.2. The van der Waals surface area contributed by atoms with Gasteiger partial charge >= 0.3 is 5.97 Å². The Balaban J connectivity index is 1.33. The summed E-state index contributed by atoms with van der Waals surface area (Å²) >= 11 is 0. The number of anilines is 1. The summed E-state index contributed by atoms with van der Waals surface area (Å²) in [7, 11) is 1.60. The van der Waals surface area contributed by atoms with Crippen molar-refractivity contribution in [1.29, 1.82) is 0 Å². The van der Waals surface area contributed by atoms with Gasteiger partial charge in [0.2, 0.25) is 5.91 Å². The van der Waals surface area contributed by atoms with Gasteiger partial charge in [-0.25, -0.2) is 0 Å². The summed E-state index contributed by atoms with van der Waals surface area (Å²) in [5, 5.41) is 27.5. The predicted molar refractivity (Wildman–Crippen MR) is 245 cm³/mol.